The van der Waals surface area contributed by atoms with Gasteiger partial charge in [0, 0.05) is 25.3 Å². The Morgan fingerprint density at radius 1 is 1.00 bits per heavy atom. The number of carbonyl (C=O) groups is 2. The van der Waals surface area contributed by atoms with Crippen LogP contribution in [-0.4, -0.2) is 54.1 Å². The molecule has 1 aliphatic heterocycles. The molecule has 3 atom stereocenters. The summed E-state index contributed by atoms with van der Waals surface area (Å²) in [5.74, 6) is 0.412. The largest absolute Gasteiger partial charge is 0.377 e. The Labute approximate surface area is 185 Å². The van der Waals surface area contributed by atoms with E-state index in [9.17, 15) is 9.59 Å². The second kappa shape index (κ2) is 11.1. The normalized spacial score (nSPS) is 21.5. The molecule has 0 spiro atoms. The van der Waals surface area contributed by atoms with Crippen LogP contribution in [0.15, 0.2) is 0 Å². The van der Waals surface area contributed by atoms with Gasteiger partial charge < -0.3 is 14.4 Å². The first kappa shape index (κ1) is 27.1. The maximum Gasteiger partial charge on any atom is 0.223 e. The van der Waals surface area contributed by atoms with Crippen molar-refractivity contribution in [3.63, 3.8) is 0 Å². The van der Waals surface area contributed by atoms with Gasteiger partial charge in [-0.05, 0) is 44.4 Å². The van der Waals surface area contributed by atoms with Crippen LogP contribution in [0.1, 0.15) is 94.9 Å². The maximum absolute atomic E-state index is 13.4. The third-order valence-corrected chi connectivity index (χ3v) is 7.00. The standard InChI is InChI=1S/C25H47NO4/c1-11-19(6)30-21-12-20(16-29-18(4)5)26(15-21)23(28)14-25(9,10)24(7,8)13-22(27)17(2)3/h17-21H,11-16H2,1-10H3. The lowest BCUT2D eigenvalue weighted by molar-refractivity contribution is -0.139. The van der Waals surface area contributed by atoms with Gasteiger partial charge in [-0.1, -0.05) is 48.5 Å². The van der Waals surface area contributed by atoms with E-state index in [-0.39, 0.29) is 52.8 Å². The highest BCUT2D eigenvalue weighted by atomic mass is 16.5. The van der Waals surface area contributed by atoms with Crippen LogP contribution in [0.25, 0.3) is 0 Å². The average molecular weight is 426 g/mol. The third kappa shape index (κ3) is 7.64. The van der Waals surface area contributed by atoms with Crippen molar-refractivity contribution in [1.29, 1.82) is 0 Å². The molecule has 0 radical (unpaired) electrons. The van der Waals surface area contributed by atoms with Gasteiger partial charge >= 0.3 is 0 Å². The van der Waals surface area contributed by atoms with E-state index in [2.05, 4.69) is 41.5 Å². The Morgan fingerprint density at radius 2 is 1.57 bits per heavy atom. The molecule has 0 aromatic rings. The van der Waals surface area contributed by atoms with E-state index in [4.69, 9.17) is 9.47 Å². The molecule has 1 fully saturated rings. The summed E-state index contributed by atoms with van der Waals surface area (Å²) in [6.45, 7) is 21.7. The smallest absolute Gasteiger partial charge is 0.223 e. The second-order valence-corrected chi connectivity index (χ2v) is 11.0. The van der Waals surface area contributed by atoms with Crippen LogP contribution in [-0.2, 0) is 19.1 Å². The van der Waals surface area contributed by atoms with Crippen molar-refractivity contribution in [2.75, 3.05) is 13.2 Å². The van der Waals surface area contributed by atoms with Crippen LogP contribution >= 0.6 is 0 Å². The fraction of sp³-hybridized carbons (Fsp3) is 0.920. The van der Waals surface area contributed by atoms with Crippen molar-refractivity contribution >= 4 is 11.7 Å². The molecule has 1 amide bonds. The average Bonchev–Trinajstić information content (AvgIpc) is 3.01. The Balaban J connectivity index is 2.90. The summed E-state index contributed by atoms with van der Waals surface area (Å²) in [7, 11) is 0. The van der Waals surface area contributed by atoms with Crippen molar-refractivity contribution in [2.45, 2.75) is 119 Å². The van der Waals surface area contributed by atoms with Crippen LogP contribution in [0, 0.1) is 16.7 Å². The minimum Gasteiger partial charge on any atom is -0.377 e. The van der Waals surface area contributed by atoms with Gasteiger partial charge in [0.15, 0.2) is 0 Å². The molecule has 3 unspecified atom stereocenters. The number of nitrogens with zero attached hydrogens (tertiary/aromatic N) is 1. The van der Waals surface area contributed by atoms with Crippen molar-refractivity contribution < 1.29 is 19.1 Å². The van der Waals surface area contributed by atoms with Crippen LogP contribution in [0.5, 0.6) is 0 Å². The molecule has 176 valence electrons. The zero-order valence-corrected chi connectivity index (χ0v) is 21.2. The predicted molar refractivity (Wildman–Crippen MR) is 122 cm³/mol. The molecule has 1 aliphatic rings. The Bertz CT molecular complexity index is 567. The van der Waals surface area contributed by atoms with Crippen molar-refractivity contribution in [1.82, 2.24) is 4.90 Å². The summed E-state index contributed by atoms with van der Waals surface area (Å²) >= 11 is 0. The fourth-order valence-electron chi connectivity index (χ4n) is 3.76. The topological polar surface area (TPSA) is 55.8 Å². The van der Waals surface area contributed by atoms with Crippen LogP contribution in [0.3, 0.4) is 0 Å². The number of rotatable bonds is 12. The Hall–Kier alpha value is -0.940. The molecule has 0 bridgehead atoms. The van der Waals surface area contributed by atoms with Gasteiger partial charge in [0.1, 0.15) is 5.78 Å². The van der Waals surface area contributed by atoms with Crippen LogP contribution < -0.4 is 0 Å². The molecule has 0 saturated carbocycles. The van der Waals surface area contributed by atoms with E-state index in [0.717, 1.165) is 12.8 Å². The SMILES string of the molecule is CCC(C)OC1CC(COC(C)C)N(C(=O)CC(C)(C)C(C)(C)CC(=O)C(C)C)C1. The molecule has 1 rings (SSSR count). The summed E-state index contributed by atoms with van der Waals surface area (Å²) < 4.78 is 12.0. The number of carbonyl (C=O) groups excluding carboxylic acids is 2. The number of hydrogen-bond acceptors (Lipinski definition) is 4. The fourth-order valence-corrected chi connectivity index (χ4v) is 3.76. The summed E-state index contributed by atoms with van der Waals surface area (Å²) in [4.78, 5) is 27.8. The molecule has 0 aliphatic carbocycles. The molecule has 5 heteroatoms. The summed E-state index contributed by atoms with van der Waals surface area (Å²) in [5, 5.41) is 0. The molecule has 1 saturated heterocycles. The lowest BCUT2D eigenvalue weighted by atomic mass is 9.63. The molecule has 5 nitrogen and oxygen atoms in total. The van der Waals surface area contributed by atoms with E-state index in [1.54, 1.807) is 0 Å². The first-order valence-electron chi connectivity index (χ1n) is 11.8. The molecule has 30 heavy (non-hydrogen) atoms. The molecule has 0 aromatic heterocycles. The molecule has 0 aromatic carbocycles. The predicted octanol–water partition coefficient (Wildman–Crippen LogP) is 5.25. The van der Waals surface area contributed by atoms with Crippen molar-refractivity contribution in [3.05, 3.63) is 0 Å². The van der Waals surface area contributed by atoms with E-state index >= 15 is 0 Å². The van der Waals surface area contributed by atoms with Gasteiger partial charge in [0.05, 0.1) is 31.0 Å². The quantitative estimate of drug-likeness (QED) is 0.428. The number of Topliss-reactive ketones (excluding diaryl/α,β-unsaturated/α-hetero) is 1. The molecule has 1 heterocycles. The van der Waals surface area contributed by atoms with Crippen LogP contribution in [0.4, 0.5) is 0 Å². The molecule has 0 N–H and O–H groups in total. The first-order valence-corrected chi connectivity index (χ1v) is 11.8. The van der Waals surface area contributed by atoms with E-state index in [1.165, 1.54) is 0 Å². The third-order valence-electron chi connectivity index (χ3n) is 7.00. The van der Waals surface area contributed by atoms with Crippen molar-refractivity contribution in [3.8, 4) is 0 Å². The molecular weight excluding hydrogens is 378 g/mol. The lowest BCUT2D eigenvalue weighted by Crippen LogP contribution is -2.44. The van der Waals surface area contributed by atoms with Crippen molar-refractivity contribution in [2.24, 2.45) is 16.7 Å². The minimum atomic E-state index is -0.298. The highest BCUT2D eigenvalue weighted by Crippen LogP contribution is 2.45. The van der Waals surface area contributed by atoms with Gasteiger partial charge in [0.2, 0.25) is 5.91 Å². The minimum absolute atomic E-state index is 0.0189. The number of ketones is 1. The van der Waals surface area contributed by atoms with E-state index in [1.807, 2.05) is 32.6 Å². The van der Waals surface area contributed by atoms with Gasteiger partial charge in [-0.15, -0.1) is 0 Å². The zero-order valence-electron chi connectivity index (χ0n) is 21.2. The Kier molecular flexibility index (Phi) is 10.0. The van der Waals surface area contributed by atoms with Crippen LogP contribution in [0.2, 0.25) is 0 Å². The summed E-state index contributed by atoms with van der Waals surface area (Å²) in [5.41, 5.74) is -0.561. The first-order chi connectivity index (χ1) is 13.7. The maximum atomic E-state index is 13.4. The van der Waals surface area contributed by atoms with Gasteiger partial charge in [0.25, 0.3) is 0 Å². The second-order valence-electron chi connectivity index (χ2n) is 11.0. The lowest BCUT2D eigenvalue weighted by Gasteiger charge is -2.42. The highest BCUT2D eigenvalue weighted by Gasteiger charge is 2.43. The number of ether oxygens (including phenoxy) is 2. The number of amides is 1. The van der Waals surface area contributed by atoms with E-state index < -0.39 is 0 Å². The summed E-state index contributed by atoms with van der Waals surface area (Å²) in [6.07, 6.45) is 3.07. The highest BCUT2D eigenvalue weighted by molar-refractivity contribution is 5.81. The number of likely N-dealkylation sites (tertiary alicyclic amines) is 1. The van der Waals surface area contributed by atoms with Gasteiger partial charge in [-0.3, -0.25) is 9.59 Å². The zero-order chi connectivity index (χ0) is 23.3. The Morgan fingerprint density at radius 3 is 2.07 bits per heavy atom. The monoisotopic (exact) mass is 425 g/mol. The van der Waals surface area contributed by atoms with Gasteiger partial charge in [-0.2, -0.15) is 0 Å². The van der Waals surface area contributed by atoms with Gasteiger partial charge in [-0.25, -0.2) is 0 Å². The number of hydrogen-bond donors (Lipinski definition) is 0. The molecular formula is C25H47NO4. The van der Waals surface area contributed by atoms with E-state index in [0.29, 0.717) is 26.0 Å². The summed E-state index contributed by atoms with van der Waals surface area (Å²) in [6, 6.07) is 0.0464.